The van der Waals surface area contributed by atoms with Crippen LogP contribution < -0.4 is 5.73 Å². The van der Waals surface area contributed by atoms with Gasteiger partial charge in [0.1, 0.15) is 11.6 Å². The van der Waals surface area contributed by atoms with Gasteiger partial charge in [-0.25, -0.2) is 17.3 Å². The van der Waals surface area contributed by atoms with Crippen LogP contribution in [-0.4, -0.2) is 27.2 Å². The van der Waals surface area contributed by atoms with Gasteiger partial charge in [-0.3, -0.25) is 4.79 Å². The summed E-state index contributed by atoms with van der Waals surface area (Å²) in [6.45, 7) is 2.48. The zero-order valence-corrected chi connectivity index (χ0v) is 12.3. The molecule has 0 bridgehead atoms. The highest BCUT2D eigenvalue weighted by Gasteiger charge is 2.16. The van der Waals surface area contributed by atoms with Crippen molar-refractivity contribution in [3.63, 3.8) is 0 Å². The zero-order valence-electron chi connectivity index (χ0n) is 11.5. The molecule has 0 saturated heterocycles. The van der Waals surface area contributed by atoms with Crippen LogP contribution in [0.4, 0.5) is 8.78 Å². The van der Waals surface area contributed by atoms with Crippen LogP contribution in [0.5, 0.6) is 0 Å². The first-order chi connectivity index (χ1) is 9.35. The standard InChI is InChI=1S/C13H18F2N2O2S/c1-3-4-17(20(2)19)8-10-6-11(14)9(5-12(10)15)7-13(16)18/h5-6H,3-4,7-8H2,1-2H3,(H2,16,18). The lowest BCUT2D eigenvalue weighted by atomic mass is 10.1. The second-order valence-corrected chi connectivity index (χ2v) is 5.83. The van der Waals surface area contributed by atoms with E-state index in [1.165, 1.54) is 6.26 Å². The maximum Gasteiger partial charge on any atom is 0.221 e. The highest BCUT2D eigenvalue weighted by Crippen LogP contribution is 2.18. The SMILES string of the molecule is CCCN(Cc1cc(F)c(CC(N)=O)cc1F)S(C)=O. The average molecular weight is 304 g/mol. The zero-order chi connectivity index (χ0) is 15.3. The third kappa shape index (κ3) is 4.64. The summed E-state index contributed by atoms with van der Waals surface area (Å²) in [4.78, 5) is 10.8. The molecule has 0 saturated carbocycles. The van der Waals surface area contributed by atoms with E-state index in [2.05, 4.69) is 0 Å². The summed E-state index contributed by atoms with van der Waals surface area (Å²) in [7, 11) is -1.26. The summed E-state index contributed by atoms with van der Waals surface area (Å²) in [6, 6.07) is 2.00. The summed E-state index contributed by atoms with van der Waals surface area (Å²) in [6.07, 6.45) is 1.90. The Balaban J connectivity index is 2.99. The largest absolute Gasteiger partial charge is 0.369 e. The first kappa shape index (κ1) is 16.7. The van der Waals surface area contributed by atoms with Crippen LogP contribution in [0.15, 0.2) is 12.1 Å². The van der Waals surface area contributed by atoms with E-state index in [1.807, 2.05) is 6.92 Å². The summed E-state index contributed by atoms with van der Waals surface area (Å²) in [5, 5.41) is 0. The number of amides is 1. The molecule has 1 aromatic carbocycles. The van der Waals surface area contributed by atoms with Crippen molar-refractivity contribution < 1.29 is 17.8 Å². The molecule has 1 amide bonds. The third-order valence-corrected chi connectivity index (χ3v) is 3.80. The number of primary amides is 1. The predicted molar refractivity (Wildman–Crippen MR) is 74.0 cm³/mol. The normalized spacial score (nSPS) is 12.7. The van der Waals surface area contributed by atoms with E-state index in [0.717, 1.165) is 18.6 Å². The lowest BCUT2D eigenvalue weighted by Gasteiger charge is -2.19. The Bertz CT molecular complexity index is 523. The summed E-state index contributed by atoms with van der Waals surface area (Å²) in [5.74, 6) is -2.04. The Morgan fingerprint density at radius 2 is 1.85 bits per heavy atom. The van der Waals surface area contributed by atoms with E-state index in [1.54, 1.807) is 4.31 Å². The van der Waals surface area contributed by atoms with Crippen molar-refractivity contribution in [3.05, 3.63) is 34.9 Å². The Labute approximate surface area is 119 Å². The molecule has 0 aliphatic heterocycles. The topological polar surface area (TPSA) is 63.4 Å². The Morgan fingerprint density at radius 1 is 1.30 bits per heavy atom. The number of halogens is 2. The maximum absolute atomic E-state index is 13.9. The predicted octanol–water partition coefficient (Wildman–Crippen LogP) is 1.50. The Hall–Kier alpha value is -1.34. The minimum Gasteiger partial charge on any atom is -0.369 e. The van der Waals surface area contributed by atoms with E-state index in [9.17, 15) is 17.8 Å². The van der Waals surface area contributed by atoms with Crippen molar-refractivity contribution in [1.29, 1.82) is 0 Å². The van der Waals surface area contributed by atoms with Gasteiger partial charge in [0.05, 0.1) is 17.4 Å². The van der Waals surface area contributed by atoms with Gasteiger partial charge >= 0.3 is 0 Å². The van der Waals surface area contributed by atoms with E-state index in [0.29, 0.717) is 6.54 Å². The molecule has 0 aliphatic carbocycles. The Kier molecular flexibility index (Phi) is 6.22. The van der Waals surface area contributed by atoms with E-state index in [-0.39, 0.29) is 24.1 Å². The molecule has 20 heavy (non-hydrogen) atoms. The molecule has 0 aromatic heterocycles. The number of nitrogens with two attached hydrogens (primary N) is 1. The maximum atomic E-state index is 13.9. The lowest BCUT2D eigenvalue weighted by Crippen LogP contribution is -2.26. The Morgan fingerprint density at radius 3 is 2.35 bits per heavy atom. The molecule has 0 heterocycles. The van der Waals surface area contributed by atoms with E-state index < -0.39 is 28.5 Å². The number of benzene rings is 1. The van der Waals surface area contributed by atoms with Crippen LogP contribution in [0.1, 0.15) is 24.5 Å². The number of carbonyl (C=O) groups excluding carboxylic acids is 1. The highest BCUT2D eigenvalue weighted by molar-refractivity contribution is 7.81. The van der Waals surface area contributed by atoms with Gasteiger partial charge in [0.2, 0.25) is 5.91 Å². The second-order valence-electron chi connectivity index (χ2n) is 4.47. The van der Waals surface area contributed by atoms with E-state index >= 15 is 0 Å². The van der Waals surface area contributed by atoms with Gasteiger partial charge < -0.3 is 5.73 Å². The van der Waals surface area contributed by atoms with Crippen LogP contribution >= 0.6 is 0 Å². The van der Waals surface area contributed by atoms with E-state index in [4.69, 9.17) is 5.73 Å². The van der Waals surface area contributed by atoms with Crippen LogP contribution in [0.3, 0.4) is 0 Å². The molecule has 1 rings (SSSR count). The van der Waals surface area contributed by atoms with Crippen LogP contribution in [0.2, 0.25) is 0 Å². The molecule has 1 unspecified atom stereocenters. The fourth-order valence-electron chi connectivity index (χ4n) is 1.81. The second kappa shape index (κ2) is 7.44. The van der Waals surface area contributed by atoms with Gasteiger partial charge in [0.25, 0.3) is 0 Å². The fourth-order valence-corrected chi connectivity index (χ4v) is 2.57. The third-order valence-electron chi connectivity index (χ3n) is 2.76. The van der Waals surface area contributed by atoms with Gasteiger partial charge in [-0.15, -0.1) is 0 Å². The summed E-state index contributed by atoms with van der Waals surface area (Å²) in [5.41, 5.74) is 5.00. The number of hydrogen-bond acceptors (Lipinski definition) is 2. The summed E-state index contributed by atoms with van der Waals surface area (Å²) >= 11 is 0. The van der Waals surface area contributed by atoms with Crippen molar-refractivity contribution in [2.45, 2.75) is 26.3 Å². The molecular formula is C13H18F2N2O2S. The molecule has 0 fully saturated rings. The number of hydrogen-bond donors (Lipinski definition) is 1. The van der Waals surface area contributed by atoms with Crippen molar-refractivity contribution >= 4 is 16.9 Å². The van der Waals surface area contributed by atoms with Crippen molar-refractivity contribution in [2.75, 3.05) is 12.8 Å². The molecule has 112 valence electrons. The minimum atomic E-state index is -1.26. The van der Waals surface area contributed by atoms with Crippen LogP contribution in [-0.2, 0) is 28.7 Å². The minimum absolute atomic E-state index is 0.0521. The molecule has 0 radical (unpaired) electrons. The average Bonchev–Trinajstić information content (AvgIpc) is 2.33. The van der Waals surface area contributed by atoms with Gasteiger partial charge in [-0.1, -0.05) is 6.92 Å². The van der Waals surface area contributed by atoms with Crippen LogP contribution in [0, 0.1) is 11.6 Å². The van der Waals surface area contributed by atoms with Gasteiger partial charge in [-0.2, -0.15) is 0 Å². The fraction of sp³-hybridized carbons (Fsp3) is 0.462. The molecule has 7 heteroatoms. The molecule has 1 atom stereocenters. The monoisotopic (exact) mass is 304 g/mol. The summed E-state index contributed by atoms with van der Waals surface area (Å²) < 4.78 is 40.7. The molecule has 4 nitrogen and oxygen atoms in total. The first-order valence-electron chi connectivity index (χ1n) is 6.18. The quantitative estimate of drug-likeness (QED) is 0.829. The van der Waals surface area contributed by atoms with Gasteiger partial charge in [0.15, 0.2) is 0 Å². The molecule has 1 aromatic rings. The van der Waals surface area contributed by atoms with Crippen LogP contribution in [0.25, 0.3) is 0 Å². The molecule has 0 spiro atoms. The lowest BCUT2D eigenvalue weighted by molar-refractivity contribution is -0.117. The molecule has 2 N–H and O–H groups in total. The van der Waals surface area contributed by atoms with Gasteiger partial charge in [0, 0.05) is 30.5 Å². The van der Waals surface area contributed by atoms with Crippen molar-refractivity contribution in [2.24, 2.45) is 5.73 Å². The highest BCUT2D eigenvalue weighted by atomic mass is 32.2. The van der Waals surface area contributed by atoms with Crippen molar-refractivity contribution in [1.82, 2.24) is 4.31 Å². The molecular weight excluding hydrogens is 286 g/mol. The molecule has 0 aliphatic rings. The number of rotatable bonds is 7. The van der Waals surface area contributed by atoms with Crippen molar-refractivity contribution in [3.8, 4) is 0 Å². The number of nitrogens with zero attached hydrogens (tertiary/aromatic N) is 1. The smallest absolute Gasteiger partial charge is 0.221 e. The first-order valence-corrected chi connectivity index (χ1v) is 7.70. The number of carbonyl (C=O) groups is 1. The van der Waals surface area contributed by atoms with Gasteiger partial charge in [-0.05, 0) is 18.6 Å².